The molecule has 2 unspecified atom stereocenters. The number of fused-ring (bicyclic) bond motifs is 2. The molecule has 192 valence electrons. The number of amides is 1. The molecule has 37 heavy (non-hydrogen) atoms. The number of methoxy groups -OCH3 is 2. The number of ether oxygens (including phenoxy) is 3. The molecule has 2 aliphatic rings. The van der Waals surface area contributed by atoms with E-state index >= 15 is 0 Å². The maximum atomic E-state index is 14.2. The number of nitrogens with zero attached hydrogens (tertiary/aromatic N) is 2. The van der Waals surface area contributed by atoms with Gasteiger partial charge in [-0.1, -0.05) is 31.2 Å². The minimum absolute atomic E-state index is 0.131. The number of pyridine rings is 1. The van der Waals surface area contributed by atoms with E-state index in [2.05, 4.69) is 5.32 Å². The van der Waals surface area contributed by atoms with Crippen molar-refractivity contribution in [1.29, 1.82) is 0 Å². The van der Waals surface area contributed by atoms with Crippen molar-refractivity contribution >= 4 is 28.7 Å². The van der Waals surface area contributed by atoms with Crippen LogP contribution in [0.25, 0.3) is 17.0 Å². The van der Waals surface area contributed by atoms with Crippen molar-refractivity contribution in [3.8, 4) is 11.5 Å². The number of para-hydroxylation sites is 1. The topological polar surface area (TPSA) is 90.0 Å². The summed E-state index contributed by atoms with van der Waals surface area (Å²) >= 11 is 0. The highest BCUT2D eigenvalue weighted by Gasteiger charge is 2.38. The average Bonchev–Trinajstić information content (AvgIpc) is 2.94. The molecule has 1 aliphatic heterocycles. The second-order valence-corrected chi connectivity index (χ2v) is 9.12. The molecule has 8 nitrogen and oxygen atoms in total. The van der Waals surface area contributed by atoms with E-state index in [1.165, 1.54) is 0 Å². The zero-order valence-corrected chi connectivity index (χ0v) is 21.3. The van der Waals surface area contributed by atoms with E-state index in [1.807, 2.05) is 48.5 Å². The van der Waals surface area contributed by atoms with Gasteiger partial charge >= 0.3 is 0 Å². The lowest BCUT2D eigenvalue weighted by molar-refractivity contribution is -0.150. The van der Waals surface area contributed by atoms with Crippen LogP contribution in [0.2, 0.25) is 0 Å². The fourth-order valence-corrected chi connectivity index (χ4v) is 5.10. The molecule has 5 rings (SSSR count). The third-order valence-electron chi connectivity index (χ3n) is 6.88. The van der Waals surface area contributed by atoms with Gasteiger partial charge in [0.15, 0.2) is 5.78 Å². The number of morpholine rings is 1. The summed E-state index contributed by atoms with van der Waals surface area (Å²) in [7, 11) is 3.23. The Labute approximate surface area is 216 Å². The number of rotatable bonds is 7. The van der Waals surface area contributed by atoms with Gasteiger partial charge in [-0.15, -0.1) is 0 Å². The highest BCUT2D eigenvalue weighted by molar-refractivity contribution is 6.11. The molecule has 0 spiro atoms. The van der Waals surface area contributed by atoms with Crippen LogP contribution >= 0.6 is 0 Å². The Hall–Kier alpha value is -3.75. The van der Waals surface area contributed by atoms with Gasteiger partial charge in [0.1, 0.15) is 23.8 Å². The smallest absolute Gasteiger partial charge is 0.225 e. The zero-order chi connectivity index (χ0) is 25.9. The van der Waals surface area contributed by atoms with Gasteiger partial charge in [-0.25, -0.2) is 4.98 Å². The van der Waals surface area contributed by atoms with Gasteiger partial charge < -0.3 is 24.4 Å². The minimum atomic E-state index is -0.772. The lowest BCUT2D eigenvalue weighted by Gasteiger charge is -2.39. The molecule has 0 radical (unpaired) electrons. The van der Waals surface area contributed by atoms with Gasteiger partial charge in [0.25, 0.3) is 0 Å². The van der Waals surface area contributed by atoms with Crippen molar-refractivity contribution in [1.82, 2.24) is 15.2 Å². The van der Waals surface area contributed by atoms with Crippen molar-refractivity contribution in [2.45, 2.75) is 32.0 Å². The summed E-state index contributed by atoms with van der Waals surface area (Å²) in [6.07, 6.45) is 3.86. The monoisotopic (exact) mass is 501 g/mol. The van der Waals surface area contributed by atoms with Crippen LogP contribution in [-0.2, 0) is 16.0 Å². The summed E-state index contributed by atoms with van der Waals surface area (Å²) in [6.45, 7) is 3.47. The van der Waals surface area contributed by atoms with Crippen LogP contribution in [0.1, 0.15) is 40.5 Å². The van der Waals surface area contributed by atoms with Crippen LogP contribution in [0.15, 0.2) is 48.5 Å². The number of hydrogen-bond acceptors (Lipinski definition) is 7. The first-order valence-electron chi connectivity index (χ1n) is 12.5. The van der Waals surface area contributed by atoms with Crippen molar-refractivity contribution in [3.05, 3.63) is 70.9 Å². The maximum absolute atomic E-state index is 14.2. The Morgan fingerprint density at radius 1 is 1.16 bits per heavy atom. The molecule has 1 aromatic heterocycles. The normalized spacial score (nSPS) is 18.9. The number of nitrogens with one attached hydrogen (secondary N) is 1. The Morgan fingerprint density at radius 3 is 2.59 bits per heavy atom. The zero-order valence-electron chi connectivity index (χ0n) is 21.3. The molecule has 2 heterocycles. The van der Waals surface area contributed by atoms with Crippen molar-refractivity contribution in [2.75, 3.05) is 33.9 Å². The van der Waals surface area contributed by atoms with E-state index < -0.39 is 12.3 Å². The van der Waals surface area contributed by atoms with E-state index in [0.717, 1.165) is 22.0 Å². The first-order valence-corrected chi connectivity index (χ1v) is 12.5. The highest BCUT2D eigenvalue weighted by Crippen LogP contribution is 2.34. The van der Waals surface area contributed by atoms with Gasteiger partial charge in [0.2, 0.25) is 5.91 Å². The molecular weight excluding hydrogens is 470 g/mol. The van der Waals surface area contributed by atoms with Crippen molar-refractivity contribution < 1.29 is 23.8 Å². The first-order chi connectivity index (χ1) is 18.0. The van der Waals surface area contributed by atoms with Gasteiger partial charge in [0.05, 0.1) is 37.6 Å². The number of Topliss-reactive ketones (excluding diaryl/α,β-unsaturated/α-hetero) is 1. The fraction of sp³-hybridized carbons (Fsp3) is 0.345. The van der Waals surface area contributed by atoms with Gasteiger partial charge in [-0.05, 0) is 41.8 Å². The number of carbonyl (C=O) groups excluding carboxylic acids is 2. The number of carbonyl (C=O) groups is 2. The van der Waals surface area contributed by atoms with Gasteiger partial charge in [-0.3, -0.25) is 9.59 Å². The number of hydrogen-bond donors (Lipinski definition) is 1. The quantitative estimate of drug-likeness (QED) is 0.529. The molecule has 1 fully saturated rings. The van der Waals surface area contributed by atoms with Crippen molar-refractivity contribution in [3.63, 3.8) is 0 Å². The summed E-state index contributed by atoms with van der Waals surface area (Å²) in [6, 6.07) is 12.8. The molecule has 3 aromatic rings. The molecular formula is C29H31N3O5. The number of benzene rings is 2. The Kier molecular flexibility index (Phi) is 7.21. The van der Waals surface area contributed by atoms with E-state index in [0.29, 0.717) is 48.9 Å². The molecule has 8 heteroatoms. The molecule has 2 atom stereocenters. The van der Waals surface area contributed by atoms with Crippen LogP contribution in [0.5, 0.6) is 11.5 Å². The predicted octanol–water partition coefficient (Wildman–Crippen LogP) is 3.61. The lowest BCUT2D eigenvalue weighted by Crippen LogP contribution is -2.57. The molecule has 2 aromatic carbocycles. The van der Waals surface area contributed by atoms with Gasteiger partial charge in [-0.2, -0.15) is 0 Å². The van der Waals surface area contributed by atoms with Crippen molar-refractivity contribution in [2.24, 2.45) is 0 Å². The number of aromatic nitrogens is 1. The van der Waals surface area contributed by atoms with E-state index in [9.17, 15) is 9.59 Å². The largest absolute Gasteiger partial charge is 0.497 e. The van der Waals surface area contributed by atoms with E-state index in [1.54, 1.807) is 32.1 Å². The van der Waals surface area contributed by atoms with Crippen LogP contribution in [0.3, 0.4) is 0 Å². The second kappa shape index (κ2) is 10.7. The van der Waals surface area contributed by atoms with E-state index in [4.69, 9.17) is 19.2 Å². The molecule has 1 saturated heterocycles. The molecule has 1 aliphatic carbocycles. The Balaban J connectivity index is 1.63. The van der Waals surface area contributed by atoms with Crippen LogP contribution in [-0.4, -0.2) is 67.8 Å². The predicted molar refractivity (Wildman–Crippen MR) is 141 cm³/mol. The SMILES string of the molecule is CCC(=O)N(C1CNCCO1)C1C=Cc2nc3ccccc3c(Cc3cc(OC)cc(OC)c3)c2C1=O. The third-order valence-corrected chi connectivity index (χ3v) is 6.88. The second-order valence-electron chi connectivity index (χ2n) is 9.12. The maximum Gasteiger partial charge on any atom is 0.225 e. The minimum Gasteiger partial charge on any atom is -0.497 e. The molecule has 1 amide bonds. The summed E-state index contributed by atoms with van der Waals surface area (Å²) < 4.78 is 16.9. The summed E-state index contributed by atoms with van der Waals surface area (Å²) in [5, 5.41) is 4.16. The van der Waals surface area contributed by atoms with Crippen LogP contribution < -0.4 is 14.8 Å². The third kappa shape index (κ3) is 4.82. The number of ketones is 1. The van der Waals surface area contributed by atoms with Gasteiger partial charge in [0, 0.05) is 31.0 Å². The average molecular weight is 502 g/mol. The Morgan fingerprint density at radius 2 is 1.92 bits per heavy atom. The first kappa shape index (κ1) is 24.9. The fourth-order valence-electron chi connectivity index (χ4n) is 5.10. The molecule has 0 bridgehead atoms. The summed E-state index contributed by atoms with van der Waals surface area (Å²) in [4.78, 5) is 33.7. The Bertz CT molecular complexity index is 1340. The van der Waals surface area contributed by atoms with Crippen LogP contribution in [0.4, 0.5) is 0 Å². The summed E-state index contributed by atoms with van der Waals surface area (Å²) in [5.41, 5.74) is 3.75. The lowest BCUT2D eigenvalue weighted by atomic mass is 9.86. The summed E-state index contributed by atoms with van der Waals surface area (Å²) in [5.74, 6) is 1.06. The standard InChI is InChI=1S/C29H31N3O5/c1-4-26(33)32(27-17-30-11-12-37-27)25-10-9-24-28(29(25)34)22(21-7-5-6-8-23(21)31-24)15-18-13-19(35-2)16-20(14-18)36-3/h5-10,13-14,16,25,27,30H,4,11-12,15,17H2,1-3H3. The van der Waals surface area contributed by atoms with Crippen LogP contribution in [0, 0.1) is 0 Å². The molecule has 1 N–H and O–H groups in total. The molecule has 0 saturated carbocycles. The highest BCUT2D eigenvalue weighted by atomic mass is 16.5. The van der Waals surface area contributed by atoms with E-state index in [-0.39, 0.29) is 18.1 Å².